The van der Waals surface area contributed by atoms with Crippen LogP contribution in [0.15, 0.2) is 11.6 Å². The molecule has 0 spiro atoms. The Balaban J connectivity index is 2.09. The lowest BCUT2D eigenvalue weighted by atomic mass is 9.67. The molecule has 2 aliphatic rings. The molecule has 0 heterocycles. The van der Waals surface area contributed by atoms with Crippen LogP contribution in [0.1, 0.15) is 44.9 Å². The molecular weight excluding hydrogens is 176 g/mol. The number of allylic oxidation sites excluding steroid dienone is 1. The average Bonchev–Trinajstić information content (AvgIpc) is 2.16. The average molecular weight is 196 g/mol. The molecule has 1 fully saturated rings. The summed E-state index contributed by atoms with van der Waals surface area (Å²) in [5.41, 5.74) is 0.754. The maximum Gasteiger partial charge on any atom is 0.0859 e. The van der Waals surface area contributed by atoms with Crippen LogP contribution in [0.5, 0.6) is 0 Å². The number of aliphatic hydroxyl groups is 2. The van der Waals surface area contributed by atoms with Crippen LogP contribution in [0, 0.1) is 5.92 Å². The lowest BCUT2D eigenvalue weighted by Crippen LogP contribution is -2.42. The van der Waals surface area contributed by atoms with Gasteiger partial charge in [-0.1, -0.05) is 6.08 Å². The fourth-order valence-corrected chi connectivity index (χ4v) is 2.77. The van der Waals surface area contributed by atoms with E-state index in [9.17, 15) is 5.11 Å². The van der Waals surface area contributed by atoms with Gasteiger partial charge in [-0.25, -0.2) is 0 Å². The molecule has 2 N–H and O–H groups in total. The third-order valence-corrected chi connectivity index (χ3v) is 3.76. The Labute approximate surface area is 85.6 Å². The van der Waals surface area contributed by atoms with Crippen LogP contribution in [-0.4, -0.2) is 22.4 Å². The minimum atomic E-state index is -0.486. The van der Waals surface area contributed by atoms with Crippen molar-refractivity contribution in [3.8, 4) is 0 Å². The third-order valence-electron chi connectivity index (χ3n) is 3.76. The molecule has 0 amide bonds. The van der Waals surface area contributed by atoms with E-state index in [0.29, 0.717) is 5.92 Å². The summed E-state index contributed by atoms with van der Waals surface area (Å²) in [5, 5.41) is 19.3. The molecule has 0 aromatic carbocycles. The summed E-state index contributed by atoms with van der Waals surface area (Å²) < 4.78 is 0. The van der Waals surface area contributed by atoms with E-state index in [2.05, 4.69) is 6.08 Å². The van der Waals surface area contributed by atoms with Gasteiger partial charge in [0.15, 0.2) is 0 Å². The van der Waals surface area contributed by atoms with E-state index in [1.54, 1.807) is 0 Å². The van der Waals surface area contributed by atoms with Crippen LogP contribution in [0.3, 0.4) is 0 Å². The molecular formula is C12H20O2. The van der Waals surface area contributed by atoms with Crippen molar-refractivity contribution in [3.63, 3.8) is 0 Å². The van der Waals surface area contributed by atoms with Crippen molar-refractivity contribution in [1.29, 1.82) is 0 Å². The van der Waals surface area contributed by atoms with Gasteiger partial charge in [0.05, 0.1) is 5.60 Å². The Morgan fingerprint density at radius 2 is 2.14 bits per heavy atom. The van der Waals surface area contributed by atoms with Crippen molar-refractivity contribution in [3.05, 3.63) is 11.6 Å². The van der Waals surface area contributed by atoms with Gasteiger partial charge in [0.25, 0.3) is 0 Å². The van der Waals surface area contributed by atoms with Gasteiger partial charge in [-0.05, 0) is 56.4 Å². The zero-order chi connectivity index (χ0) is 10.0. The lowest BCUT2D eigenvalue weighted by molar-refractivity contribution is -0.00989. The molecule has 0 aliphatic heterocycles. The van der Waals surface area contributed by atoms with Gasteiger partial charge in [-0.2, -0.15) is 0 Å². The van der Waals surface area contributed by atoms with Crippen LogP contribution < -0.4 is 0 Å². The summed E-state index contributed by atoms with van der Waals surface area (Å²) in [6, 6.07) is 0. The summed E-state index contributed by atoms with van der Waals surface area (Å²) in [6.45, 7) is 0.248. The second-order valence-corrected chi connectivity index (χ2v) is 4.68. The van der Waals surface area contributed by atoms with Crippen molar-refractivity contribution >= 4 is 0 Å². The summed E-state index contributed by atoms with van der Waals surface area (Å²) in [7, 11) is 0. The SMILES string of the molecule is OCCC1CCCC=C1C1(O)CCC1. The van der Waals surface area contributed by atoms with E-state index in [0.717, 1.165) is 38.5 Å². The highest BCUT2D eigenvalue weighted by Gasteiger charge is 2.41. The quantitative estimate of drug-likeness (QED) is 0.678. The molecule has 14 heavy (non-hydrogen) atoms. The third kappa shape index (κ3) is 1.73. The highest BCUT2D eigenvalue weighted by atomic mass is 16.3. The van der Waals surface area contributed by atoms with Gasteiger partial charge >= 0.3 is 0 Å². The van der Waals surface area contributed by atoms with E-state index in [4.69, 9.17) is 5.11 Å². The van der Waals surface area contributed by atoms with E-state index in [1.165, 1.54) is 12.0 Å². The fourth-order valence-electron chi connectivity index (χ4n) is 2.77. The molecule has 2 aliphatic carbocycles. The largest absolute Gasteiger partial charge is 0.396 e. The lowest BCUT2D eigenvalue weighted by Gasteiger charge is -2.43. The monoisotopic (exact) mass is 196 g/mol. The predicted molar refractivity (Wildman–Crippen MR) is 55.9 cm³/mol. The summed E-state index contributed by atoms with van der Waals surface area (Å²) in [4.78, 5) is 0. The second kappa shape index (κ2) is 4.03. The maximum atomic E-state index is 10.3. The summed E-state index contributed by atoms with van der Waals surface area (Å²) >= 11 is 0. The Hall–Kier alpha value is -0.340. The maximum absolute atomic E-state index is 10.3. The van der Waals surface area contributed by atoms with Crippen molar-refractivity contribution in [2.24, 2.45) is 5.92 Å². The Morgan fingerprint density at radius 3 is 2.71 bits per heavy atom. The predicted octanol–water partition coefficient (Wildman–Crippen LogP) is 2.01. The molecule has 80 valence electrons. The van der Waals surface area contributed by atoms with E-state index in [-0.39, 0.29) is 6.61 Å². The minimum Gasteiger partial charge on any atom is -0.396 e. The standard InChI is InChI=1S/C12H20O2/c13-9-6-10-4-1-2-5-11(10)12(14)7-3-8-12/h5,10,13-14H,1-4,6-9H2. The first kappa shape index (κ1) is 10.2. The van der Waals surface area contributed by atoms with Crippen LogP contribution >= 0.6 is 0 Å². The van der Waals surface area contributed by atoms with Gasteiger partial charge in [-0.3, -0.25) is 0 Å². The number of aliphatic hydroxyl groups excluding tert-OH is 1. The molecule has 2 nitrogen and oxygen atoms in total. The van der Waals surface area contributed by atoms with Crippen LogP contribution in [0.2, 0.25) is 0 Å². The highest BCUT2D eigenvalue weighted by molar-refractivity contribution is 5.24. The first-order valence-corrected chi connectivity index (χ1v) is 5.80. The number of hydrogen-bond donors (Lipinski definition) is 2. The van der Waals surface area contributed by atoms with Crippen molar-refractivity contribution in [1.82, 2.24) is 0 Å². The molecule has 2 rings (SSSR count). The Bertz CT molecular complexity index is 228. The first-order chi connectivity index (χ1) is 6.76. The van der Waals surface area contributed by atoms with E-state index >= 15 is 0 Å². The van der Waals surface area contributed by atoms with Crippen molar-refractivity contribution in [2.75, 3.05) is 6.61 Å². The normalized spacial score (nSPS) is 30.7. The molecule has 0 aromatic heterocycles. The molecule has 1 saturated carbocycles. The topological polar surface area (TPSA) is 40.5 Å². The number of rotatable bonds is 3. The minimum absolute atomic E-state index is 0.248. The Morgan fingerprint density at radius 1 is 1.36 bits per heavy atom. The summed E-state index contributed by atoms with van der Waals surface area (Å²) in [5.74, 6) is 0.444. The molecule has 2 heteroatoms. The van der Waals surface area contributed by atoms with Gasteiger partial charge < -0.3 is 10.2 Å². The molecule has 0 aromatic rings. The van der Waals surface area contributed by atoms with Crippen molar-refractivity contribution in [2.45, 2.75) is 50.5 Å². The van der Waals surface area contributed by atoms with Crippen LogP contribution in [-0.2, 0) is 0 Å². The van der Waals surface area contributed by atoms with Crippen molar-refractivity contribution < 1.29 is 10.2 Å². The zero-order valence-electron chi connectivity index (χ0n) is 8.71. The van der Waals surface area contributed by atoms with Gasteiger partial charge in [0.2, 0.25) is 0 Å². The molecule has 1 atom stereocenters. The van der Waals surface area contributed by atoms with E-state index in [1.807, 2.05) is 0 Å². The molecule has 1 unspecified atom stereocenters. The smallest absolute Gasteiger partial charge is 0.0859 e. The summed E-state index contributed by atoms with van der Waals surface area (Å²) in [6.07, 6.45) is 9.54. The van der Waals surface area contributed by atoms with Gasteiger partial charge in [0.1, 0.15) is 0 Å². The second-order valence-electron chi connectivity index (χ2n) is 4.68. The molecule has 0 saturated heterocycles. The van der Waals surface area contributed by atoms with Crippen LogP contribution in [0.25, 0.3) is 0 Å². The van der Waals surface area contributed by atoms with Gasteiger partial charge in [0, 0.05) is 6.61 Å². The Kier molecular flexibility index (Phi) is 2.93. The molecule has 0 radical (unpaired) electrons. The van der Waals surface area contributed by atoms with E-state index < -0.39 is 5.60 Å². The zero-order valence-corrected chi connectivity index (χ0v) is 8.71. The fraction of sp³-hybridized carbons (Fsp3) is 0.833. The number of hydrogen-bond acceptors (Lipinski definition) is 2. The first-order valence-electron chi connectivity index (χ1n) is 5.80. The van der Waals surface area contributed by atoms with Gasteiger partial charge in [-0.15, -0.1) is 0 Å². The molecule has 0 bridgehead atoms. The highest BCUT2D eigenvalue weighted by Crippen LogP contribution is 2.45. The van der Waals surface area contributed by atoms with Crippen LogP contribution in [0.4, 0.5) is 0 Å².